The van der Waals surface area contributed by atoms with E-state index < -0.39 is 27.7 Å². The third-order valence-electron chi connectivity index (χ3n) is 4.62. The van der Waals surface area contributed by atoms with Crippen LogP contribution in [0.1, 0.15) is 32.3 Å². The van der Waals surface area contributed by atoms with E-state index >= 15 is 0 Å². The summed E-state index contributed by atoms with van der Waals surface area (Å²) in [6.07, 6.45) is 0.395. The first kappa shape index (κ1) is 23.6. The summed E-state index contributed by atoms with van der Waals surface area (Å²) < 4.78 is 44.7. The zero-order chi connectivity index (χ0) is 23.0. The van der Waals surface area contributed by atoms with Gasteiger partial charge in [-0.25, -0.2) is 4.79 Å². The highest BCUT2D eigenvalue weighted by molar-refractivity contribution is 7.85. The van der Waals surface area contributed by atoms with Crippen LogP contribution in [0.4, 0.5) is 10.5 Å². The first-order valence-corrected chi connectivity index (χ1v) is 11.8. The second kappa shape index (κ2) is 8.82. The third-order valence-corrected chi connectivity index (χ3v) is 5.54. The fraction of sp³-hybridized carbons (Fsp3) is 0.476. The number of fused-ring (bicyclic) bond motifs is 3. The standard InChI is InChI=1S/C21H26ClNO7S/c1-21(2,3)30-20(24)23-10-13(11-29-31(5,25)26)16-14-8-6-7-9-15(14)19(28-12-27-4)17(22)18(16)23/h6-9,13H,10-12H2,1-5H3. The zero-order valence-corrected chi connectivity index (χ0v) is 19.7. The number of hydrogen-bond acceptors (Lipinski definition) is 7. The van der Waals surface area contributed by atoms with Crippen molar-refractivity contribution < 1.29 is 31.6 Å². The predicted molar refractivity (Wildman–Crippen MR) is 119 cm³/mol. The van der Waals surface area contributed by atoms with Crippen LogP contribution < -0.4 is 9.64 Å². The topological polar surface area (TPSA) is 91.4 Å². The molecule has 1 unspecified atom stereocenters. The number of carbonyl (C=O) groups excluding carboxylic acids is 1. The highest BCUT2D eigenvalue weighted by Crippen LogP contribution is 2.51. The summed E-state index contributed by atoms with van der Waals surface area (Å²) in [6.45, 7) is 5.28. The molecule has 1 aliphatic heterocycles. The van der Waals surface area contributed by atoms with Crippen molar-refractivity contribution in [3.8, 4) is 5.75 Å². The van der Waals surface area contributed by atoms with Crippen molar-refractivity contribution in [2.45, 2.75) is 32.3 Å². The van der Waals surface area contributed by atoms with Crippen LogP contribution in [-0.2, 0) is 23.8 Å². The first-order chi connectivity index (χ1) is 14.4. The molecule has 0 fully saturated rings. The molecule has 31 heavy (non-hydrogen) atoms. The van der Waals surface area contributed by atoms with Crippen molar-refractivity contribution in [1.82, 2.24) is 0 Å². The van der Waals surface area contributed by atoms with E-state index in [0.717, 1.165) is 17.0 Å². The van der Waals surface area contributed by atoms with Crippen molar-refractivity contribution in [3.05, 3.63) is 34.9 Å². The maximum Gasteiger partial charge on any atom is 0.414 e. The quantitative estimate of drug-likeness (QED) is 0.458. The summed E-state index contributed by atoms with van der Waals surface area (Å²) >= 11 is 6.75. The minimum Gasteiger partial charge on any atom is -0.465 e. The molecule has 1 heterocycles. The molecule has 1 aliphatic rings. The highest BCUT2D eigenvalue weighted by atomic mass is 35.5. The van der Waals surface area contributed by atoms with E-state index in [0.29, 0.717) is 17.0 Å². The molecule has 0 N–H and O–H groups in total. The summed E-state index contributed by atoms with van der Waals surface area (Å²) in [5.74, 6) is -0.0628. The number of benzene rings is 2. The molecule has 0 saturated carbocycles. The molecule has 0 spiro atoms. The average molecular weight is 472 g/mol. The molecule has 0 aliphatic carbocycles. The van der Waals surface area contributed by atoms with E-state index in [2.05, 4.69) is 0 Å². The number of nitrogens with zero attached hydrogens (tertiary/aromatic N) is 1. The molecule has 3 rings (SSSR count). The van der Waals surface area contributed by atoms with Gasteiger partial charge in [0.1, 0.15) is 10.6 Å². The Bertz CT molecular complexity index is 1100. The number of carbonyl (C=O) groups is 1. The summed E-state index contributed by atoms with van der Waals surface area (Å²) in [5.41, 5.74) is 0.403. The fourth-order valence-electron chi connectivity index (χ4n) is 3.55. The second-order valence-electron chi connectivity index (χ2n) is 8.28. The molecule has 8 nitrogen and oxygen atoms in total. The van der Waals surface area contributed by atoms with Crippen molar-refractivity contribution in [2.75, 3.05) is 38.2 Å². The van der Waals surface area contributed by atoms with Crippen LogP contribution >= 0.6 is 11.6 Å². The SMILES string of the molecule is COCOc1c(Cl)c2c(c3ccccc13)C(COS(C)(=O)=O)CN2C(=O)OC(C)(C)C. The van der Waals surface area contributed by atoms with Gasteiger partial charge >= 0.3 is 6.09 Å². The lowest BCUT2D eigenvalue weighted by Crippen LogP contribution is -2.36. The Morgan fingerprint density at radius 1 is 1.23 bits per heavy atom. The number of amides is 1. The Labute approximate surface area is 187 Å². The van der Waals surface area contributed by atoms with E-state index in [-0.39, 0.29) is 25.0 Å². The van der Waals surface area contributed by atoms with Crippen molar-refractivity contribution in [2.24, 2.45) is 0 Å². The molecule has 1 amide bonds. The van der Waals surface area contributed by atoms with Crippen molar-refractivity contribution in [3.63, 3.8) is 0 Å². The molecule has 0 radical (unpaired) electrons. The van der Waals surface area contributed by atoms with Gasteiger partial charge in [-0.3, -0.25) is 9.08 Å². The van der Waals surface area contributed by atoms with E-state index in [4.69, 9.17) is 30.0 Å². The summed E-state index contributed by atoms with van der Waals surface area (Å²) in [7, 11) is -2.18. The van der Waals surface area contributed by atoms with E-state index in [1.807, 2.05) is 24.3 Å². The molecule has 0 saturated heterocycles. The highest BCUT2D eigenvalue weighted by Gasteiger charge is 2.40. The maximum atomic E-state index is 13.0. The average Bonchev–Trinajstić information content (AvgIpc) is 3.05. The zero-order valence-electron chi connectivity index (χ0n) is 18.1. The van der Waals surface area contributed by atoms with Crippen LogP contribution in [0.25, 0.3) is 10.8 Å². The predicted octanol–water partition coefficient (Wildman–Crippen LogP) is 4.29. The molecular weight excluding hydrogens is 446 g/mol. The van der Waals surface area contributed by atoms with Gasteiger partial charge in [0.2, 0.25) is 0 Å². The van der Waals surface area contributed by atoms with Crippen LogP contribution in [-0.4, -0.2) is 53.4 Å². The summed E-state index contributed by atoms with van der Waals surface area (Å²) in [6, 6.07) is 7.40. The lowest BCUT2D eigenvalue weighted by atomic mass is 9.94. The molecule has 0 bridgehead atoms. The van der Waals surface area contributed by atoms with Gasteiger partial charge in [0.05, 0.1) is 18.6 Å². The van der Waals surface area contributed by atoms with Gasteiger partial charge in [0.25, 0.3) is 10.1 Å². The van der Waals surface area contributed by atoms with Gasteiger partial charge in [0, 0.05) is 25.0 Å². The Morgan fingerprint density at radius 3 is 2.45 bits per heavy atom. The lowest BCUT2D eigenvalue weighted by molar-refractivity contribution is 0.0523. The van der Waals surface area contributed by atoms with Crippen molar-refractivity contribution in [1.29, 1.82) is 0 Å². The number of ether oxygens (including phenoxy) is 3. The van der Waals surface area contributed by atoms with Gasteiger partial charge in [-0.15, -0.1) is 0 Å². The Kier molecular flexibility index (Phi) is 6.71. The number of anilines is 1. The van der Waals surface area contributed by atoms with E-state index in [1.54, 1.807) is 20.8 Å². The molecule has 2 aromatic carbocycles. The molecule has 1 atom stereocenters. The minimum absolute atomic E-state index is 0.0322. The van der Waals surface area contributed by atoms with Crippen LogP contribution in [0.2, 0.25) is 5.02 Å². The number of hydrogen-bond donors (Lipinski definition) is 0. The minimum atomic E-state index is -3.67. The Hall–Kier alpha value is -2.07. The number of rotatable bonds is 6. The van der Waals surface area contributed by atoms with Crippen LogP contribution in [0, 0.1) is 0 Å². The Morgan fingerprint density at radius 2 is 1.87 bits per heavy atom. The normalized spacial score (nSPS) is 16.5. The number of methoxy groups -OCH3 is 1. The van der Waals surface area contributed by atoms with Gasteiger partial charge in [-0.05, 0) is 31.7 Å². The second-order valence-corrected chi connectivity index (χ2v) is 10.3. The smallest absolute Gasteiger partial charge is 0.414 e. The van der Waals surface area contributed by atoms with Gasteiger partial charge in [-0.1, -0.05) is 35.9 Å². The largest absolute Gasteiger partial charge is 0.465 e. The molecule has 2 aromatic rings. The number of halogens is 1. The molecule has 170 valence electrons. The first-order valence-electron chi connectivity index (χ1n) is 9.63. The van der Waals surface area contributed by atoms with Gasteiger partial charge in [-0.2, -0.15) is 8.42 Å². The lowest BCUT2D eigenvalue weighted by Gasteiger charge is -2.26. The van der Waals surface area contributed by atoms with E-state index in [9.17, 15) is 13.2 Å². The van der Waals surface area contributed by atoms with Crippen molar-refractivity contribution >= 4 is 44.3 Å². The third kappa shape index (κ3) is 5.23. The molecule has 10 heteroatoms. The maximum absolute atomic E-state index is 13.0. The van der Waals surface area contributed by atoms with Crippen LogP contribution in [0.5, 0.6) is 5.75 Å². The Balaban J connectivity index is 2.20. The fourth-order valence-corrected chi connectivity index (χ4v) is 4.32. The summed E-state index contributed by atoms with van der Waals surface area (Å²) in [5, 5.41) is 1.72. The van der Waals surface area contributed by atoms with Gasteiger partial charge in [0.15, 0.2) is 12.5 Å². The van der Waals surface area contributed by atoms with E-state index in [1.165, 1.54) is 12.0 Å². The molecular formula is C21H26ClNO7S. The molecule has 0 aromatic heterocycles. The van der Waals surface area contributed by atoms with Crippen LogP contribution in [0.15, 0.2) is 24.3 Å². The van der Waals surface area contributed by atoms with Gasteiger partial charge < -0.3 is 14.2 Å². The summed E-state index contributed by atoms with van der Waals surface area (Å²) in [4.78, 5) is 14.4. The van der Waals surface area contributed by atoms with Crippen LogP contribution in [0.3, 0.4) is 0 Å². The monoisotopic (exact) mass is 471 g/mol.